The van der Waals surface area contributed by atoms with E-state index in [1.807, 2.05) is 30.3 Å². The van der Waals surface area contributed by atoms with Crippen molar-refractivity contribution in [3.05, 3.63) is 77.8 Å². The van der Waals surface area contributed by atoms with Gasteiger partial charge in [-0.25, -0.2) is 0 Å². The minimum absolute atomic E-state index is 0.120. The number of rotatable bonds is 6. The van der Waals surface area contributed by atoms with Gasteiger partial charge in [0.1, 0.15) is 6.04 Å². The molecular weight excluding hydrogens is 284 g/mol. The van der Waals surface area contributed by atoms with Crippen molar-refractivity contribution >= 4 is 23.2 Å². The fraction of sp³-hybridized carbons (Fsp3) is 0.118. The van der Waals surface area contributed by atoms with Crippen LogP contribution in [0.1, 0.15) is 11.6 Å². The van der Waals surface area contributed by atoms with E-state index >= 15 is 0 Å². The van der Waals surface area contributed by atoms with Crippen LogP contribution in [0.3, 0.4) is 0 Å². The van der Waals surface area contributed by atoms with Crippen LogP contribution in [0.2, 0.25) is 5.02 Å². The molecule has 0 spiro atoms. The SMILES string of the molecule is C=CCN[C@H](C(=O)Nc1ccc(Cl)cc1)c1ccccc1. The summed E-state index contributed by atoms with van der Waals surface area (Å²) in [5.74, 6) is -0.120. The Bertz CT molecular complexity index is 596. The molecule has 0 aliphatic rings. The van der Waals surface area contributed by atoms with Crippen LogP contribution in [0.25, 0.3) is 0 Å². The van der Waals surface area contributed by atoms with E-state index < -0.39 is 6.04 Å². The number of carbonyl (C=O) groups is 1. The van der Waals surface area contributed by atoms with E-state index in [0.29, 0.717) is 17.3 Å². The van der Waals surface area contributed by atoms with E-state index in [-0.39, 0.29) is 5.91 Å². The lowest BCUT2D eigenvalue weighted by Gasteiger charge is -2.18. The number of anilines is 1. The lowest BCUT2D eigenvalue weighted by Crippen LogP contribution is -2.33. The van der Waals surface area contributed by atoms with Gasteiger partial charge >= 0.3 is 0 Å². The van der Waals surface area contributed by atoms with E-state index in [4.69, 9.17) is 11.6 Å². The molecule has 0 heterocycles. The summed E-state index contributed by atoms with van der Waals surface area (Å²) in [4.78, 5) is 12.5. The summed E-state index contributed by atoms with van der Waals surface area (Å²) in [6, 6.07) is 16.2. The molecular formula is C17H17ClN2O. The Morgan fingerprint density at radius 2 is 1.81 bits per heavy atom. The summed E-state index contributed by atoms with van der Waals surface area (Å²) in [5.41, 5.74) is 1.62. The number of carbonyl (C=O) groups excluding carboxylic acids is 1. The maximum absolute atomic E-state index is 12.5. The van der Waals surface area contributed by atoms with Crippen LogP contribution in [-0.2, 0) is 4.79 Å². The number of benzene rings is 2. The van der Waals surface area contributed by atoms with Gasteiger partial charge in [-0.15, -0.1) is 6.58 Å². The van der Waals surface area contributed by atoms with Crippen molar-refractivity contribution in [3.8, 4) is 0 Å². The van der Waals surface area contributed by atoms with Crippen LogP contribution < -0.4 is 10.6 Å². The number of amides is 1. The zero-order chi connectivity index (χ0) is 15.1. The number of hydrogen-bond donors (Lipinski definition) is 2. The third kappa shape index (κ3) is 4.45. The number of hydrogen-bond acceptors (Lipinski definition) is 2. The summed E-state index contributed by atoms with van der Waals surface area (Å²) in [5, 5.41) is 6.68. The summed E-state index contributed by atoms with van der Waals surface area (Å²) < 4.78 is 0. The number of halogens is 1. The fourth-order valence-corrected chi connectivity index (χ4v) is 2.08. The van der Waals surface area contributed by atoms with Crippen LogP contribution in [-0.4, -0.2) is 12.5 Å². The second kappa shape index (κ2) is 7.62. The Labute approximate surface area is 129 Å². The molecule has 2 aromatic carbocycles. The standard InChI is InChI=1S/C17H17ClN2O/c1-2-12-19-16(13-6-4-3-5-7-13)17(21)20-15-10-8-14(18)9-11-15/h2-11,16,19H,1,12H2,(H,20,21)/t16-/m0/s1. The minimum atomic E-state index is -0.431. The highest BCUT2D eigenvalue weighted by atomic mass is 35.5. The molecule has 2 rings (SSSR count). The van der Waals surface area contributed by atoms with E-state index in [1.54, 1.807) is 30.3 Å². The normalized spacial score (nSPS) is 11.7. The third-order valence-corrected chi connectivity index (χ3v) is 3.23. The second-order valence-corrected chi connectivity index (χ2v) is 4.97. The van der Waals surface area contributed by atoms with E-state index in [2.05, 4.69) is 17.2 Å². The third-order valence-electron chi connectivity index (χ3n) is 2.97. The summed E-state index contributed by atoms with van der Waals surface area (Å²) in [6.45, 7) is 4.22. The van der Waals surface area contributed by atoms with Crippen molar-refractivity contribution in [1.29, 1.82) is 0 Å². The topological polar surface area (TPSA) is 41.1 Å². The first kappa shape index (κ1) is 15.3. The van der Waals surface area contributed by atoms with Crippen LogP contribution in [0.4, 0.5) is 5.69 Å². The van der Waals surface area contributed by atoms with Gasteiger partial charge < -0.3 is 5.32 Å². The molecule has 4 heteroatoms. The van der Waals surface area contributed by atoms with Gasteiger partial charge in [0.25, 0.3) is 0 Å². The van der Waals surface area contributed by atoms with Crippen LogP contribution in [0, 0.1) is 0 Å². The molecule has 0 unspecified atom stereocenters. The van der Waals surface area contributed by atoms with Crippen molar-refractivity contribution in [3.63, 3.8) is 0 Å². The molecule has 0 saturated heterocycles. The fourth-order valence-electron chi connectivity index (χ4n) is 1.96. The predicted molar refractivity (Wildman–Crippen MR) is 87.5 cm³/mol. The lowest BCUT2D eigenvalue weighted by molar-refractivity contribution is -0.118. The maximum atomic E-state index is 12.5. The van der Waals surface area contributed by atoms with E-state index in [9.17, 15) is 4.79 Å². The van der Waals surface area contributed by atoms with Gasteiger partial charge in [0.15, 0.2) is 0 Å². The molecule has 0 radical (unpaired) electrons. The highest BCUT2D eigenvalue weighted by Crippen LogP contribution is 2.17. The molecule has 0 aromatic heterocycles. The zero-order valence-corrected chi connectivity index (χ0v) is 12.3. The molecule has 0 saturated carbocycles. The zero-order valence-electron chi connectivity index (χ0n) is 11.6. The summed E-state index contributed by atoms with van der Waals surface area (Å²) >= 11 is 5.84. The average molecular weight is 301 g/mol. The average Bonchev–Trinajstić information content (AvgIpc) is 2.51. The van der Waals surface area contributed by atoms with Crippen molar-refractivity contribution in [1.82, 2.24) is 5.32 Å². The van der Waals surface area contributed by atoms with Crippen molar-refractivity contribution in [2.24, 2.45) is 0 Å². The number of nitrogens with one attached hydrogen (secondary N) is 2. The molecule has 0 aliphatic heterocycles. The Hall–Kier alpha value is -2.10. The molecule has 2 aromatic rings. The summed E-state index contributed by atoms with van der Waals surface area (Å²) in [7, 11) is 0. The first-order valence-corrected chi connectivity index (χ1v) is 7.04. The monoisotopic (exact) mass is 300 g/mol. The minimum Gasteiger partial charge on any atom is -0.324 e. The smallest absolute Gasteiger partial charge is 0.246 e. The molecule has 0 bridgehead atoms. The molecule has 108 valence electrons. The van der Waals surface area contributed by atoms with Crippen molar-refractivity contribution < 1.29 is 4.79 Å². The largest absolute Gasteiger partial charge is 0.324 e. The van der Waals surface area contributed by atoms with Gasteiger partial charge in [-0.05, 0) is 29.8 Å². The van der Waals surface area contributed by atoms with Crippen LogP contribution >= 0.6 is 11.6 Å². The molecule has 3 nitrogen and oxygen atoms in total. The lowest BCUT2D eigenvalue weighted by atomic mass is 10.1. The quantitative estimate of drug-likeness (QED) is 0.797. The molecule has 1 atom stereocenters. The molecule has 0 aliphatic carbocycles. The Balaban J connectivity index is 2.14. The van der Waals surface area contributed by atoms with Gasteiger partial charge in [0.05, 0.1) is 0 Å². The maximum Gasteiger partial charge on any atom is 0.246 e. The first-order chi connectivity index (χ1) is 10.2. The van der Waals surface area contributed by atoms with Gasteiger partial charge in [-0.3, -0.25) is 10.1 Å². The Morgan fingerprint density at radius 3 is 2.43 bits per heavy atom. The molecule has 0 fully saturated rings. The van der Waals surface area contributed by atoms with Gasteiger partial charge in [0, 0.05) is 17.3 Å². The second-order valence-electron chi connectivity index (χ2n) is 4.54. The summed E-state index contributed by atoms with van der Waals surface area (Å²) in [6.07, 6.45) is 1.73. The molecule has 1 amide bonds. The Kier molecular flexibility index (Phi) is 5.55. The highest BCUT2D eigenvalue weighted by Gasteiger charge is 2.19. The van der Waals surface area contributed by atoms with E-state index in [1.165, 1.54) is 0 Å². The van der Waals surface area contributed by atoms with Crippen molar-refractivity contribution in [2.45, 2.75) is 6.04 Å². The van der Waals surface area contributed by atoms with Gasteiger partial charge in [-0.1, -0.05) is 48.0 Å². The van der Waals surface area contributed by atoms with Gasteiger partial charge in [0.2, 0.25) is 5.91 Å². The van der Waals surface area contributed by atoms with E-state index in [0.717, 1.165) is 5.56 Å². The Morgan fingerprint density at radius 1 is 1.14 bits per heavy atom. The van der Waals surface area contributed by atoms with Crippen LogP contribution in [0.15, 0.2) is 67.3 Å². The first-order valence-electron chi connectivity index (χ1n) is 6.66. The predicted octanol–water partition coefficient (Wildman–Crippen LogP) is 3.80. The highest BCUT2D eigenvalue weighted by molar-refractivity contribution is 6.30. The van der Waals surface area contributed by atoms with Gasteiger partial charge in [-0.2, -0.15) is 0 Å². The van der Waals surface area contributed by atoms with Crippen LogP contribution in [0.5, 0.6) is 0 Å². The molecule has 21 heavy (non-hydrogen) atoms. The van der Waals surface area contributed by atoms with Crippen molar-refractivity contribution in [2.75, 3.05) is 11.9 Å². The molecule has 2 N–H and O–H groups in total.